The van der Waals surface area contributed by atoms with E-state index in [-0.39, 0.29) is 18.0 Å². The number of hydrogen-bond acceptors (Lipinski definition) is 3. The molecule has 1 heterocycles. The van der Waals surface area contributed by atoms with E-state index in [1.54, 1.807) is 13.8 Å². The van der Waals surface area contributed by atoms with Crippen molar-refractivity contribution >= 4 is 23.6 Å². The number of halogens is 1. The molecule has 0 radical (unpaired) electrons. The van der Waals surface area contributed by atoms with Gasteiger partial charge in [-0.1, -0.05) is 0 Å². The number of ether oxygens (including phenoxy) is 1. The van der Waals surface area contributed by atoms with Crippen LogP contribution in [-0.2, 0) is 9.53 Å². The van der Waals surface area contributed by atoms with Gasteiger partial charge in [0.25, 0.3) is 0 Å². The standard InChI is InChI=1S/C7H10ClNO3/c1-4-5(2)12-7(11)9(4)6(10)3-8/h4-5H,3H2,1-2H3/t4-,5+/m0/s1. The zero-order chi connectivity index (χ0) is 9.30. The van der Waals surface area contributed by atoms with Crippen LogP contribution in [0.3, 0.4) is 0 Å². The van der Waals surface area contributed by atoms with Gasteiger partial charge in [0.1, 0.15) is 12.0 Å². The van der Waals surface area contributed by atoms with Gasteiger partial charge >= 0.3 is 6.09 Å². The second-order valence-corrected chi connectivity index (χ2v) is 2.99. The molecular weight excluding hydrogens is 182 g/mol. The van der Waals surface area contributed by atoms with Crippen LogP contribution in [0.5, 0.6) is 0 Å². The first-order valence-corrected chi connectivity index (χ1v) is 4.20. The Hall–Kier alpha value is -0.770. The molecule has 1 fully saturated rings. The number of imide groups is 1. The number of hydrogen-bond donors (Lipinski definition) is 0. The van der Waals surface area contributed by atoms with E-state index in [0.717, 1.165) is 4.90 Å². The Morgan fingerprint density at radius 2 is 2.25 bits per heavy atom. The summed E-state index contributed by atoms with van der Waals surface area (Å²) >= 11 is 5.31. The lowest BCUT2D eigenvalue weighted by Crippen LogP contribution is -2.39. The predicted molar refractivity (Wildman–Crippen MR) is 43.0 cm³/mol. The molecule has 1 aliphatic rings. The Labute approximate surface area is 75.4 Å². The second kappa shape index (κ2) is 3.31. The first-order chi connectivity index (χ1) is 5.57. The molecule has 0 aromatic rings. The van der Waals surface area contributed by atoms with Crippen LogP contribution < -0.4 is 0 Å². The van der Waals surface area contributed by atoms with Crippen LogP contribution in [0.4, 0.5) is 4.79 Å². The van der Waals surface area contributed by atoms with Crippen molar-refractivity contribution in [3.8, 4) is 0 Å². The molecule has 4 nitrogen and oxygen atoms in total. The first kappa shape index (κ1) is 9.32. The summed E-state index contributed by atoms with van der Waals surface area (Å²) in [6.07, 6.45) is -0.842. The van der Waals surface area contributed by atoms with Gasteiger partial charge in [-0.25, -0.2) is 9.69 Å². The third-order valence-corrected chi connectivity index (χ3v) is 2.18. The smallest absolute Gasteiger partial charge is 0.417 e. The maximum atomic E-state index is 11.1. The first-order valence-electron chi connectivity index (χ1n) is 3.66. The summed E-state index contributed by atoms with van der Waals surface area (Å²) in [6.45, 7) is 3.49. The number of amides is 2. The summed E-state index contributed by atoms with van der Waals surface area (Å²) < 4.78 is 4.82. The van der Waals surface area contributed by atoms with Gasteiger partial charge in [-0.05, 0) is 13.8 Å². The van der Waals surface area contributed by atoms with Crippen molar-refractivity contribution < 1.29 is 14.3 Å². The maximum Gasteiger partial charge on any atom is 0.417 e. The Balaban J connectivity index is 2.76. The lowest BCUT2D eigenvalue weighted by atomic mass is 10.2. The average molecular weight is 192 g/mol. The fourth-order valence-corrected chi connectivity index (χ4v) is 1.21. The van der Waals surface area contributed by atoms with Gasteiger partial charge in [0.05, 0.1) is 6.04 Å². The minimum atomic E-state index is -0.597. The van der Waals surface area contributed by atoms with Gasteiger partial charge in [-0.2, -0.15) is 0 Å². The van der Waals surface area contributed by atoms with Crippen molar-refractivity contribution in [2.75, 3.05) is 5.88 Å². The van der Waals surface area contributed by atoms with Crippen LogP contribution in [-0.4, -0.2) is 34.9 Å². The summed E-state index contributed by atoms with van der Waals surface area (Å²) in [5.74, 6) is -0.592. The lowest BCUT2D eigenvalue weighted by Gasteiger charge is -2.15. The van der Waals surface area contributed by atoms with Crippen LogP contribution in [0.1, 0.15) is 13.8 Å². The van der Waals surface area contributed by atoms with Crippen LogP contribution in [0, 0.1) is 0 Å². The van der Waals surface area contributed by atoms with Crippen LogP contribution in [0.25, 0.3) is 0 Å². The van der Waals surface area contributed by atoms with Gasteiger partial charge < -0.3 is 4.74 Å². The number of alkyl halides is 1. The monoisotopic (exact) mass is 191 g/mol. The van der Waals surface area contributed by atoms with E-state index in [1.807, 2.05) is 0 Å². The van der Waals surface area contributed by atoms with Crippen LogP contribution >= 0.6 is 11.6 Å². The molecule has 1 rings (SSSR count). The molecule has 68 valence electrons. The minimum Gasteiger partial charge on any atom is -0.444 e. The van der Waals surface area contributed by atoms with Gasteiger partial charge in [-0.3, -0.25) is 4.79 Å². The molecule has 1 aliphatic heterocycles. The molecule has 5 heteroatoms. The Morgan fingerprint density at radius 1 is 1.67 bits per heavy atom. The van der Waals surface area contributed by atoms with Crippen LogP contribution in [0.15, 0.2) is 0 Å². The van der Waals surface area contributed by atoms with Gasteiger partial charge in [-0.15, -0.1) is 11.6 Å². The van der Waals surface area contributed by atoms with Crippen molar-refractivity contribution in [3.05, 3.63) is 0 Å². The molecule has 0 aromatic carbocycles. The van der Waals surface area contributed by atoms with E-state index in [9.17, 15) is 9.59 Å². The van der Waals surface area contributed by atoms with E-state index in [1.165, 1.54) is 0 Å². The molecule has 2 atom stereocenters. The molecule has 1 saturated heterocycles. The molecule has 0 unspecified atom stereocenters. The van der Waals surface area contributed by atoms with E-state index >= 15 is 0 Å². The van der Waals surface area contributed by atoms with Crippen molar-refractivity contribution in [1.82, 2.24) is 4.90 Å². The highest BCUT2D eigenvalue weighted by Gasteiger charge is 2.39. The van der Waals surface area contributed by atoms with E-state index in [2.05, 4.69) is 0 Å². The molecule has 12 heavy (non-hydrogen) atoms. The molecule has 0 spiro atoms. The molecule has 0 saturated carbocycles. The lowest BCUT2D eigenvalue weighted by molar-refractivity contribution is -0.126. The molecule has 0 aliphatic carbocycles. The van der Waals surface area contributed by atoms with Crippen molar-refractivity contribution in [1.29, 1.82) is 0 Å². The summed E-state index contributed by atoms with van der Waals surface area (Å²) in [4.78, 5) is 23.1. The highest BCUT2D eigenvalue weighted by Crippen LogP contribution is 2.18. The molecule has 2 amide bonds. The Morgan fingerprint density at radius 3 is 2.58 bits per heavy atom. The third-order valence-electron chi connectivity index (χ3n) is 1.95. The second-order valence-electron chi connectivity index (χ2n) is 2.73. The topological polar surface area (TPSA) is 46.6 Å². The number of nitrogens with zero attached hydrogens (tertiary/aromatic N) is 1. The Kier molecular flexibility index (Phi) is 2.57. The average Bonchev–Trinajstić information content (AvgIpc) is 2.26. The highest BCUT2D eigenvalue weighted by molar-refractivity contribution is 6.28. The number of carbonyl (C=O) groups excluding carboxylic acids is 2. The zero-order valence-electron chi connectivity index (χ0n) is 6.91. The zero-order valence-corrected chi connectivity index (χ0v) is 7.67. The van der Waals surface area contributed by atoms with Crippen molar-refractivity contribution in [2.45, 2.75) is 26.0 Å². The molecule has 0 N–H and O–H groups in total. The summed E-state index contributed by atoms with van der Waals surface area (Å²) in [6, 6.07) is -0.219. The van der Waals surface area contributed by atoms with Crippen molar-refractivity contribution in [3.63, 3.8) is 0 Å². The van der Waals surface area contributed by atoms with E-state index in [0.29, 0.717) is 0 Å². The largest absolute Gasteiger partial charge is 0.444 e. The number of cyclic esters (lactones) is 1. The summed E-state index contributed by atoms with van der Waals surface area (Å²) in [5, 5.41) is 0. The normalized spacial score (nSPS) is 28.9. The van der Waals surface area contributed by atoms with E-state index < -0.39 is 12.0 Å². The van der Waals surface area contributed by atoms with E-state index in [4.69, 9.17) is 16.3 Å². The quantitative estimate of drug-likeness (QED) is 0.581. The highest BCUT2D eigenvalue weighted by atomic mass is 35.5. The van der Waals surface area contributed by atoms with Gasteiger partial charge in [0.2, 0.25) is 5.91 Å². The third kappa shape index (κ3) is 1.39. The number of rotatable bonds is 1. The van der Waals surface area contributed by atoms with Crippen LogP contribution in [0.2, 0.25) is 0 Å². The fraction of sp³-hybridized carbons (Fsp3) is 0.714. The van der Waals surface area contributed by atoms with Gasteiger partial charge in [0.15, 0.2) is 0 Å². The molecule has 0 bridgehead atoms. The molecule has 0 aromatic heterocycles. The summed E-state index contributed by atoms with van der Waals surface area (Å²) in [7, 11) is 0. The fourth-order valence-electron chi connectivity index (χ4n) is 1.08. The SMILES string of the molecule is C[C@H]1OC(=O)N(C(=O)CCl)[C@H]1C. The van der Waals surface area contributed by atoms with Crippen molar-refractivity contribution in [2.24, 2.45) is 0 Å². The summed E-state index contributed by atoms with van der Waals surface area (Å²) in [5.41, 5.74) is 0. The minimum absolute atomic E-state index is 0.188. The van der Waals surface area contributed by atoms with Gasteiger partial charge in [0, 0.05) is 0 Å². The number of carbonyl (C=O) groups is 2. The Bertz CT molecular complexity index is 211. The maximum absolute atomic E-state index is 11.1. The molecular formula is C7H10ClNO3. The predicted octanol–water partition coefficient (Wildman–Crippen LogP) is 0.981.